The molecule has 0 aliphatic carbocycles. The summed E-state index contributed by atoms with van der Waals surface area (Å²) in [6.07, 6.45) is 0.754. The number of nitrogens with one attached hydrogen (secondary N) is 2. The van der Waals surface area contributed by atoms with Crippen LogP contribution in [0, 0.1) is 6.92 Å². The van der Waals surface area contributed by atoms with Crippen LogP contribution in [0.15, 0.2) is 45.8 Å². The lowest BCUT2D eigenvalue weighted by Gasteiger charge is -2.14. The van der Waals surface area contributed by atoms with Crippen LogP contribution in [0.5, 0.6) is 0 Å². The lowest BCUT2D eigenvalue weighted by Crippen LogP contribution is -2.32. The number of carbonyl (C=O) groups excluding carboxylic acids is 1. The van der Waals surface area contributed by atoms with Crippen LogP contribution in [0.2, 0.25) is 5.02 Å². The Hall–Kier alpha value is -1.57. The third-order valence-electron chi connectivity index (χ3n) is 3.85. The van der Waals surface area contributed by atoms with Gasteiger partial charge >= 0.3 is 0 Å². The quantitative estimate of drug-likeness (QED) is 0.655. The molecule has 2 aromatic rings. The minimum absolute atomic E-state index is 0.0374. The molecule has 8 heteroatoms. The van der Waals surface area contributed by atoms with E-state index in [1.807, 2.05) is 26.8 Å². The molecule has 0 saturated heterocycles. The highest BCUT2D eigenvalue weighted by Gasteiger charge is 2.20. The molecule has 0 fully saturated rings. The van der Waals surface area contributed by atoms with Gasteiger partial charge in [0.15, 0.2) is 0 Å². The smallest absolute Gasteiger partial charge is 0.261 e. The molecule has 0 bridgehead atoms. The number of rotatable bonds is 6. The molecule has 0 heterocycles. The number of hydrogen-bond acceptors (Lipinski definition) is 3. The normalized spacial score (nSPS) is 12.5. The summed E-state index contributed by atoms with van der Waals surface area (Å²) < 4.78 is 28.6. The molecule has 0 unspecified atom stereocenters. The molecule has 2 rings (SSSR count). The number of sulfonamides is 1. The maximum absolute atomic E-state index is 12.7. The maximum atomic E-state index is 12.7. The van der Waals surface area contributed by atoms with Crippen molar-refractivity contribution in [2.24, 2.45) is 0 Å². The second kappa shape index (κ2) is 8.41. The molecule has 26 heavy (non-hydrogen) atoms. The van der Waals surface area contributed by atoms with Crippen molar-refractivity contribution in [3.8, 4) is 0 Å². The number of halogens is 2. The summed E-state index contributed by atoms with van der Waals surface area (Å²) in [7, 11) is -3.88. The topological polar surface area (TPSA) is 75.3 Å². The first-order valence-corrected chi connectivity index (χ1v) is 10.7. The van der Waals surface area contributed by atoms with Gasteiger partial charge in [0.1, 0.15) is 0 Å². The Morgan fingerprint density at radius 1 is 1.23 bits per heavy atom. The second-order valence-electron chi connectivity index (χ2n) is 6.01. The van der Waals surface area contributed by atoms with Crippen molar-refractivity contribution in [3.63, 3.8) is 0 Å². The van der Waals surface area contributed by atoms with Gasteiger partial charge in [0.05, 0.1) is 21.2 Å². The van der Waals surface area contributed by atoms with Crippen LogP contribution in [0.25, 0.3) is 0 Å². The van der Waals surface area contributed by atoms with Crippen LogP contribution in [0.1, 0.15) is 36.2 Å². The second-order valence-corrected chi connectivity index (χ2v) is 8.96. The Morgan fingerprint density at radius 2 is 1.92 bits per heavy atom. The molecule has 2 N–H and O–H groups in total. The first kappa shape index (κ1) is 20.7. The van der Waals surface area contributed by atoms with Crippen molar-refractivity contribution < 1.29 is 13.2 Å². The van der Waals surface area contributed by atoms with Gasteiger partial charge in [-0.1, -0.05) is 24.6 Å². The number of hydrogen-bond donors (Lipinski definition) is 2. The van der Waals surface area contributed by atoms with Crippen LogP contribution in [0.3, 0.4) is 0 Å². The van der Waals surface area contributed by atoms with Gasteiger partial charge in [0.25, 0.3) is 15.9 Å². The highest BCUT2D eigenvalue weighted by Crippen LogP contribution is 2.27. The Balaban J connectivity index is 2.37. The van der Waals surface area contributed by atoms with E-state index in [0.717, 1.165) is 12.0 Å². The summed E-state index contributed by atoms with van der Waals surface area (Å²) in [6.45, 7) is 5.67. The molecule has 0 aromatic heterocycles. The standard InChI is InChI=1S/C18H20BrClN2O3S/c1-4-12(3)21-18(23)14-10-13(6-8-16(14)20)26(24,25)22-17-9-11(2)5-7-15(17)19/h5-10,12,22H,4H2,1-3H3,(H,21,23)/t12-/m1/s1. The molecule has 0 aliphatic rings. The van der Waals surface area contributed by atoms with Crippen molar-refractivity contribution >= 4 is 49.1 Å². The average molecular weight is 460 g/mol. The zero-order valence-electron chi connectivity index (χ0n) is 14.6. The van der Waals surface area contributed by atoms with Gasteiger partial charge in [-0.3, -0.25) is 9.52 Å². The highest BCUT2D eigenvalue weighted by atomic mass is 79.9. The Labute approximate surface area is 167 Å². The molecule has 2 aromatic carbocycles. The van der Waals surface area contributed by atoms with E-state index in [1.165, 1.54) is 18.2 Å². The van der Waals surface area contributed by atoms with Gasteiger partial charge in [0, 0.05) is 10.5 Å². The van der Waals surface area contributed by atoms with E-state index in [2.05, 4.69) is 26.0 Å². The van der Waals surface area contributed by atoms with Gasteiger partial charge < -0.3 is 5.32 Å². The summed E-state index contributed by atoms with van der Waals surface area (Å²) in [5, 5.41) is 2.98. The Kier molecular flexibility index (Phi) is 6.71. The van der Waals surface area contributed by atoms with Crippen molar-refractivity contribution in [1.82, 2.24) is 5.32 Å². The highest BCUT2D eigenvalue weighted by molar-refractivity contribution is 9.10. The number of amides is 1. The fraction of sp³-hybridized carbons (Fsp3) is 0.278. The number of benzene rings is 2. The first-order valence-electron chi connectivity index (χ1n) is 8.03. The summed E-state index contributed by atoms with van der Waals surface area (Å²) >= 11 is 9.42. The van der Waals surface area contributed by atoms with Crippen LogP contribution < -0.4 is 10.0 Å². The predicted octanol–water partition coefficient (Wildman–Crippen LogP) is 4.74. The fourth-order valence-electron chi connectivity index (χ4n) is 2.17. The van der Waals surface area contributed by atoms with Crippen molar-refractivity contribution in [3.05, 3.63) is 57.0 Å². The van der Waals surface area contributed by atoms with Gasteiger partial charge in [-0.15, -0.1) is 0 Å². The third-order valence-corrected chi connectivity index (χ3v) is 6.23. The van der Waals surface area contributed by atoms with E-state index < -0.39 is 15.9 Å². The van der Waals surface area contributed by atoms with Crippen LogP contribution in [0.4, 0.5) is 5.69 Å². The lowest BCUT2D eigenvalue weighted by molar-refractivity contribution is 0.0939. The summed E-state index contributed by atoms with van der Waals surface area (Å²) in [5.74, 6) is -0.405. The van der Waals surface area contributed by atoms with Crippen molar-refractivity contribution in [1.29, 1.82) is 0 Å². The molecule has 5 nitrogen and oxygen atoms in total. The lowest BCUT2D eigenvalue weighted by atomic mass is 10.2. The monoisotopic (exact) mass is 458 g/mol. The summed E-state index contributed by atoms with van der Waals surface area (Å²) in [4.78, 5) is 12.3. The molecule has 0 spiro atoms. The predicted molar refractivity (Wildman–Crippen MR) is 108 cm³/mol. The Bertz CT molecular complexity index is 932. The summed E-state index contributed by atoms with van der Waals surface area (Å²) in [6, 6.07) is 9.36. The van der Waals surface area contributed by atoms with Crippen LogP contribution >= 0.6 is 27.5 Å². The van der Waals surface area contributed by atoms with Crippen LogP contribution in [-0.4, -0.2) is 20.4 Å². The first-order chi connectivity index (χ1) is 12.1. The number of anilines is 1. The molecule has 0 radical (unpaired) electrons. The molecule has 140 valence electrons. The average Bonchev–Trinajstić information content (AvgIpc) is 2.57. The minimum Gasteiger partial charge on any atom is -0.350 e. The van der Waals surface area contributed by atoms with E-state index in [9.17, 15) is 13.2 Å². The van der Waals surface area contributed by atoms with Gasteiger partial charge in [-0.05, 0) is 72.1 Å². The van der Waals surface area contributed by atoms with Gasteiger partial charge in [-0.2, -0.15) is 0 Å². The van der Waals surface area contributed by atoms with Gasteiger partial charge in [0.2, 0.25) is 0 Å². The number of carbonyl (C=O) groups is 1. The van der Waals surface area contributed by atoms with E-state index in [-0.39, 0.29) is 21.5 Å². The van der Waals surface area contributed by atoms with E-state index >= 15 is 0 Å². The molecule has 0 saturated carbocycles. The minimum atomic E-state index is -3.88. The molecule has 1 atom stereocenters. The molecule has 0 aliphatic heterocycles. The van der Waals surface area contributed by atoms with Gasteiger partial charge in [-0.25, -0.2) is 8.42 Å². The maximum Gasteiger partial charge on any atom is 0.261 e. The molecular weight excluding hydrogens is 440 g/mol. The van der Waals surface area contributed by atoms with Crippen molar-refractivity contribution in [2.45, 2.75) is 38.1 Å². The Morgan fingerprint density at radius 3 is 2.58 bits per heavy atom. The number of aryl methyl sites for hydroxylation is 1. The SMILES string of the molecule is CC[C@@H](C)NC(=O)c1cc(S(=O)(=O)Nc2cc(C)ccc2Br)ccc1Cl. The van der Waals surface area contributed by atoms with E-state index in [0.29, 0.717) is 10.2 Å². The largest absolute Gasteiger partial charge is 0.350 e. The molecular formula is C18H20BrClN2O3S. The van der Waals surface area contributed by atoms with Crippen LogP contribution in [-0.2, 0) is 10.0 Å². The summed E-state index contributed by atoms with van der Waals surface area (Å²) in [5.41, 5.74) is 1.46. The van der Waals surface area contributed by atoms with E-state index in [1.54, 1.807) is 12.1 Å². The van der Waals surface area contributed by atoms with Crippen molar-refractivity contribution in [2.75, 3.05) is 4.72 Å². The zero-order valence-corrected chi connectivity index (χ0v) is 17.8. The molecule has 1 amide bonds. The van der Waals surface area contributed by atoms with E-state index in [4.69, 9.17) is 11.6 Å². The zero-order chi connectivity index (χ0) is 19.5. The third kappa shape index (κ3) is 4.99. The fourth-order valence-corrected chi connectivity index (χ4v) is 3.95.